The Morgan fingerprint density at radius 3 is 2.88 bits per heavy atom. The molecule has 9 nitrogen and oxygen atoms in total. The molecule has 1 saturated carbocycles. The van der Waals surface area contributed by atoms with Crippen LogP contribution in [0, 0.1) is 11.3 Å². The Morgan fingerprint density at radius 2 is 2.09 bits per heavy atom. The van der Waals surface area contributed by atoms with Crippen LogP contribution in [0.15, 0.2) is 55.0 Å². The highest BCUT2D eigenvalue weighted by molar-refractivity contribution is 5.86. The van der Waals surface area contributed by atoms with Gasteiger partial charge in [-0.25, -0.2) is 19.7 Å². The summed E-state index contributed by atoms with van der Waals surface area (Å²) < 4.78 is 7.11. The zero-order valence-electron chi connectivity index (χ0n) is 17.6. The van der Waals surface area contributed by atoms with Gasteiger partial charge < -0.3 is 14.4 Å². The van der Waals surface area contributed by atoms with Gasteiger partial charge in [0.25, 0.3) is 0 Å². The summed E-state index contributed by atoms with van der Waals surface area (Å²) in [6.07, 6.45) is 4.58. The van der Waals surface area contributed by atoms with Crippen molar-refractivity contribution in [2.24, 2.45) is 0 Å². The molecule has 0 radical (unpaired) electrons. The third kappa shape index (κ3) is 4.51. The number of imidazole rings is 1. The number of nitriles is 1. The average Bonchev–Trinajstić information content (AvgIpc) is 3.60. The van der Waals surface area contributed by atoms with Crippen molar-refractivity contribution in [3.8, 4) is 23.2 Å². The second-order valence-corrected chi connectivity index (χ2v) is 7.82. The number of amides is 1. The van der Waals surface area contributed by atoms with E-state index in [1.54, 1.807) is 6.33 Å². The van der Waals surface area contributed by atoms with E-state index in [4.69, 9.17) is 10.00 Å². The highest BCUT2D eigenvalue weighted by Gasteiger charge is 2.25. The van der Waals surface area contributed by atoms with Gasteiger partial charge >= 0.3 is 6.09 Å². The largest absolute Gasteiger partial charge is 0.419 e. The molecule has 4 aromatic rings. The van der Waals surface area contributed by atoms with Crippen molar-refractivity contribution in [2.75, 3.05) is 11.9 Å². The Bertz CT molecular complexity index is 1390. The number of ether oxygens (including phenoxy) is 1. The number of rotatable bonds is 6. The lowest BCUT2D eigenvalue weighted by Crippen LogP contribution is -2.18. The number of aliphatic hydroxyl groups excluding tert-OH is 1. The molecule has 1 fully saturated rings. The lowest BCUT2D eigenvalue weighted by Gasteiger charge is -2.10. The molecule has 9 heteroatoms. The quantitative estimate of drug-likeness (QED) is 0.466. The van der Waals surface area contributed by atoms with Gasteiger partial charge in [0.15, 0.2) is 0 Å². The molecule has 164 valence electrons. The van der Waals surface area contributed by atoms with Gasteiger partial charge in [-0.15, -0.1) is 0 Å². The lowest BCUT2D eigenvalue weighted by atomic mass is 10.1. The SMILES string of the molecule is N#Cc1ccnc(OC(=O)Nc2cc(C3CC3)cc(-c3ccc4c(c3)ncn4CCO)n2)c1. The topological polar surface area (TPSA) is 126 Å². The predicted molar refractivity (Wildman–Crippen MR) is 121 cm³/mol. The molecule has 0 aliphatic heterocycles. The number of hydrogen-bond acceptors (Lipinski definition) is 7. The number of aromatic nitrogens is 4. The zero-order chi connectivity index (χ0) is 22.8. The zero-order valence-corrected chi connectivity index (χ0v) is 17.6. The van der Waals surface area contributed by atoms with Gasteiger partial charge in [-0.2, -0.15) is 5.26 Å². The van der Waals surface area contributed by atoms with Crippen molar-refractivity contribution in [3.05, 3.63) is 66.1 Å². The fourth-order valence-corrected chi connectivity index (χ4v) is 3.68. The van der Waals surface area contributed by atoms with Crippen molar-refractivity contribution >= 4 is 22.9 Å². The van der Waals surface area contributed by atoms with Crippen molar-refractivity contribution < 1.29 is 14.6 Å². The minimum Gasteiger partial charge on any atom is -0.395 e. The van der Waals surface area contributed by atoms with E-state index >= 15 is 0 Å². The van der Waals surface area contributed by atoms with E-state index in [1.807, 2.05) is 41.0 Å². The Labute approximate surface area is 189 Å². The molecule has 0 spiro atoms. The summed E-state index contributed by atoms with van der Waals surface area (Å²) in [6, 6.07) is 14.7. The maximum atomic E-state index is 12.4. The number of carbonyl (C=O) groups is 1. The first-order chi connectivity index (χ1) is 16.1. The van der Waals surface area contributed by atoms with E-state index in [9.17, 15) is 9.90 Å². The molecule has 0 bridgehead atoms. The molecular formula is C24H20N6O3. The molecule has 5 rings (SSSR count). The summed E-state index contributed by atoms with van der Waals surface area (Å²) in [5.74, 6) is 0.862. The van der Waals surface area contributed by atoms with Crippen LogP contribution in [0.1, 0.15) is 29.9 Å². The number of anilines is 1. The molecular weight excluding hydrogens is 420 g/mol. The maximum Gasteiger partial charge on any atom is 0.419 e. The number of fused-ring (bicyclic) bond motifs is 1. The van der Waals surface area contributed by atoms with E-state index in [1.165, 1.54) is 18.3 Å². The summed E-state index contributed by atoms with van der Waals surface area (Å²) in [6.45, 7) is 0.521. The van der Waals surface area contributed by atoms with E-state index in [0.717, 1.165) is 40.7 Å². The van der Waals surface area contributed by atoms with Crippen molar-refractivity contribution in [3.63, 3.8) is 0 Å². The number of hydrogen-bond donors (Lipinski definition) is 2. The second-order valence-electron chi connectivity index (χ2n) is 7.82. The highest BCUT2D eigenvalue weighted by Crippen LogP contribution is 2.42. The third-order valence-electron chi connectivity index (χ3n) is 5.45. The van der Waals surface area contributed by atoms with E-state index in [2.05, 4.69) is 20.3 Å². The van der Waals surface area contributed by atoms with E-state index in [-0.39, 0.29) is 12.5 Å². The Balaban J connectivity index is 1.42. The van der Waals surface area contributed by atoms with Crippen LogP contribution in [0.2, 0.25) is 0 Å². The minimum atomic E-state index is -0.734. The van der Waals surface area contributed by atoms with Crippen molar-refractivity contribution in [1.29, 1.82) is 5.26 Å². The van der Waals surface area contributed by atoms with Gasteiger partial charge in [0, 0.05) is 24.4 Å². The molecule has 1 aliphatic rings. The first-order valence-electron chi connectivity index (χ1n) is 10.6. The number of benzene rings is 1. The summed E-state index contributed by atoms with van der Waals surface area (Å²) in [5, 5.41) is 20.9. The third-order valence-corrected chi connectivity index (χ3v) is 5.45. The van der Waals surface area contributed by atoms with Gasteiger partial charge in [-0.1, -0.05) is 6.07 Å². The normalized spacial score (nSPS) is 13.0. The first-order valence-corrected chi connectivity index (χ1v) is 10.6. The maximum absolute atomic E-state index is 12.4. The molecule has 3 heterocycles. The molecule has 1 aliphatic carbocycles. The summed E-state index contributed by atoms with van der Waals surface area (Å²) >= 11 is 0. The van der Waals surface area contributed by atoms with Crippen LogP contribution in [-0.2, 0) is 6.54 Å². The van der Waals surface area contributed by atoms with E-state index < -0.39 is 6.09 Å². The van der Waals surface area contributed by atoms with Crippen LogP contribution >= 0.6 is 0 Å². The number of nitrogens with one attached hydrogen (secondary N) is 1. The van der Waals surface area contributed by atoms with Gasteiger partial charge in [0.1, 0.15) is 5.82 Å². The molecule has 33 heavy (non-hydrogen) atoms. The van der Waals surface area contributed by atoms with Crippen molar-refractivity contribution in [1.82, 2.24) is 19.5 Å². The Kier molecular flexibility index (Phi) is 5.42. The number of carbonyl (C=O) groups excluding carboxylic acids is 1. The Morgan fingerprint density at radius 1 is 1.21 bits per heavy atom. The standard InChI is InChI=1S/C24H20N6O3/c25-13-15-5-6-26-23(9-15)33-24(32)29-22-12-18(16-1-2-16)11-19(28-22)17-3-4-21-20(10-17)27-14-30(21)7-8-31/h3-6,9-12,14,16,31H,1-2,7-8H2,(H,28,29,32). The van der Waals surface area contributed by atoms with Crippen LogP contribution in [0.5, 0.6) is 5.88 Å². The summed E-state index contributed by atoms with van der Waals surface area (Å²) in [7, 11) is 0. The number of pyridine rings is 2. The molecule has 3 aromatic heterocycles. The van der Waals surface area contributed by atoms with Gasteiger partial charge in [-0.3, -0.25) is 5.32 Å². The molecule has 0 saturated heterocycles. The molecule has 1 amide bonds. The lowest BCUT2D eigenvalue weighted by molar-refractivity contribution is 0.213. The molecule has 0 atom stereocenters. The van der Waals surface area contributed by atoms with Crippen LogP contribution in [-0.4, -0.2) is 37.3 Å². The van der Waals surface area contributed by atoms with Gasteiger partial charge in [0.05, 0.1) is 41.3 Å². The average molecular weight is 440 g/mol. The van der Waals surface area contributed by atoms with E-state index in [0.29, 0.717) is 23.8 Å². The highest BCUT2D eigenvalue weighted by atomic mass is 16.6. The first kappa shape index (κ1) is 20.6. The van der Waals surface area contributed by atoms with Gasteiger partial charge in [0.2, 0.25) is 5.88 Å². The minimum absolute atomic E-state index is 0.0361. The molecule has 1 aromatic carbocycles. The fourth-order valence-electron chi connectivity index (χ4n) is 3.68. The summed E-state index contributed by atoms with van der Waals surface area (Å²) in [5.41, 5.74) is 4.78. The fraction of sp³-hybridized carbons (Fsp3) is 0.208. The van der Waals surface area contributed by atoms with Crippen LogP contribution in [0.25, 0.3) is 22.3 Å². The molecule has 2 N–H and O–H groups in total. The molecule has 0 unspecified atom stereocenters. The Hall–Kier alpha value is -4.29. The second kappa shape index (κ2) is 8.68. The summed E-state index contributed by atoms with van der Waals surface area (Å²) in [4.78, 5) is 25.4. The predicted octanol–water partition coefficient (Wildman–Crippen LogP) is 3.85. The number of nitrogens with zero attached hydrogens (tertiary/aromatic N) is 5. The van der Waals surface area contributed by atoms with Crippen LogP contribution in [0.3, 0.4) is 0 Å². The smallest absolute Gasteiger partial charge is 0.395 e. The van der Waals surface area contributed by atoms with Crippen LogP contribution < -0.4 is 10.1 Å². The van der Waals surface area contributed by atoms with Crippen LogP contribution in [0.4, 0.5) is 10.6 Å². The monoisotopic (exact) mass is 440 g/mol. The number of aliphatic hydroxyl groups is 1. The van der Waals surface area contributed by atoms with Crippen molar-refractivity contribution in [2.45, 2.75) is 25.3 Å². The van der Waals surface area contributed by atoms with Gasteiger partial charge in [-0.05, 0) is 54.7 Å².